The van der Waals surface area contributed by atoms with Gasteiger partial charge in [-0.15, -0.1) is 0 Å². The van der Waals surface area contributed by atoms with Crippen molar-refractivity contribution in [1.82, 2.24) is 0 Å². The number of nitrogens with one attached hydrogen (secondary N) is 1. The third kappa shape index (κ3) is 2.95. The van der Waals surface area contributed by atoms with E-state index in [1.54, 1.807) is 0 Å². The number of carbonyl (C=O) groups excluding carboxylic acids is 1. The molecule has 0 aliphatic heterocycles. The van der Waals surface area contributed by atoms with Crippen molar-refractivity contribution in [2.75, 3.05) is 5.32 Å². The molecule has 0 saturated carbocycles. The molecule has 0 saturated heterocycles. The Morgan fingerprint density at radius 3 is 2.05 bits per heavy atom. The monoisotopic (exact) mass is 287 g/mol. The minimum Gasteiger partial charge on any atom is -0.478 e. The first-order chi connectivity index (χ1) is 8.55. The van der Waals surface area contributed by atoms with Crippen molar-refractivity contribution in [3.05, 3.63) is 29.1 Å². The van der Waals surface area contributed by atoms with Gasteiger partial charge in [0.15, 0.2) is 11.6 Å². The van der Waals surface area contributed by atoms with Gasteiger partial charge in [-0.25, -0.2) is 18.0 Å². The first kappa shape index (κ1) is 14.8. The van der Waals surface area contributed by atoms with Crippen LogP contribution in [-0.2, 0) is 4.79 Å². The number of anilines is 1. The van der Waals surface area contributed by atoms with Crippen LogP contribution in [0.1, 0.15) is 10.4 Å². The highest BCUT2D eigenvalue weighted by molar-refractivity contribution is 6.02. The molecule has 0 aromatic heterocycles. The molecular weight excluding hydrogens is 284 g/mol. The van der Waals surface area contributed by atoms with Crippen molar-refractivity contribution in [2.45, 2.75) is 6.18 Å². The van der Waals surface area contributed by atoms with E-state index < -0.39 is 46.8 Å². The molecule has 4 nitrogen and oxygen atoms in total. The van der Waals surface area contributed by atoms with Gasteiger partial charge in [0.25, 0.3) is 0 Å². The average Bonchev–Trinajstić information content (AvgIpc) is 2.23. The third-order valence-corrected chi connectivity index (χ3v) is 1.88. The number of alkyl halides is 3. The molecule has 0 fully saturated rings. The number of carbonyl (C=O) groups is 2. The standard InChI is InChI=1S/C9H3F6NO3/c10-2-1-3(11)5(12)6(4(2)7(17)18)16-8(19)9(13,14)15/h1H,(H,16,19)(H,17,18). The Bertz CT molecular complexity index is 554. The lowest BCUT2D eigenvalue weighted by molar-refractivity contribution is -0.167. The van der Waals surface area contributed by atoms with Crippen molar-refractivity contribution in [2.24, 2.45) is 0 Å². The summed E-state index contributed by atoms with van der Waals surface area (Å²) >= 11 is 0. The number of carboxylic acids is 1. The summed E-state index contributed by atoms with van der Waals surface area (Å²) in [5.74, 6) is -10.8. The second kappa shape index (κ2) is 4.78. The molecule has 0 unspecified atom stereocenters. The minimum atomic E-state index is -5.48. The van der Waals surface area contributed by atoms with E-state index in [1.165, 1.54) is 0 Å². The predicted octanol–water partition coefficient (Wildman–Crippen LogP) is 2.30. The van der Waals surface area contributed by atoms with Gasteiger partial charge in [-0.3, -0.25) is 4.79 Å². The van der Waals surface area contributed by atoms with E-state index in [0.717, 1.165) is 5.32 Å². The summed E-state index contributed by atoms with van der Waals surface area (Å²) in [4.78, 5) is 21.1. The van der Waals surface area contributed by atoms with Gasteiger partial charge in [0, 0.05) is 6.07 Å². The summed E-state index contributed by atoms with van der Waals surface area (Å²) in [6.07, 6.45) is -5.48. The molecule has 0 spiro atoms. The summed E-state index contributed by atoms with van der Waals surface area (Å²) in [7, 11) is 0. The van der Waals surface area contributed by atoms with Gasteiger partial charge in [-0.05, 0) is 0 Å². The van der Waals surface area contributed by atoms with Crippen LogP contribution in [0.15, 0.2) is 6.07 Å². The second-order valence-corrected chi connectivity index (χ2v) is 3.16. The first-order valence-corrected chi connectivity index (χ1v) is 4.34. The van der Waals surface area contributed by atoms with E-state index >= 15 is 0 Å². The number of rotatable bonds is 2. The molecule has 2 N–H and O–H groups in total. The highest BCUT2D eigenvalue weighted by Crippen LogP contribution is 2.27. The van der Waals surface area contributed by atoms with E-state index in [2.05, 4.69) is 0 Å². The van der Waals surface area contributed by atoms with Crippen LogP contribution in [0.25, 0.3) is 0 Å². The van der Waals surface area contributed by atoms with Crippen LogP contribution in [0.5, 0.6) is 0 Å². The maximum absolute atomic E-state index is 13.2. The number of carboxylic acid groups (broad SMARTS) is 1. The van der Waals surface area contributed by atoms with Crippen molar-refractivity contribution >= 4 is 17.6 Å². The molecule has 0 bridgehead atoms. The summed E-state index contributed by atoms with van der Waals surface area (Å²) in [6, 6.07) is -0.165. The molecule has 0 aliphatic rings. The SMILES string of the molecule is O=C(O)c1c(F)cc(F)c(F)c1NC(=O)C(F)(F)F. The Morgan fingerprint density at radius 1 is 1.11 bits per heavy atom. The van der Waals surface area contributed by atoms with Gasteiger partial charge in [0.1, 0.15) is 11.4 Å². The van der Waals surface area contributed by atoms with Gasteiger partial charge in [0.2, 0.25) is 0 Å². The number of hydrogen-bond donors (Lipinski definition) is 2. The molecule has 19 heavy (non-hydrogen) atoms. The molecule has 0 atom stereocenters. The lowest BCUT2D eigenvalue weighted by atomic mass is 10.1. The Hall–Kier alpha value is -2.26. The molecule has 0 aliphatic carbocycles. The topological polar surface area (TPSA) is 66.4 Å². The number of benzene rings is 1. The molecule has 1 amide bonds. The first-order valence-electron chi connectivity index (χ1n) is 4.34. The maximum atomic E-state index is 13.2. The van der Waals surface area contributed by atoms with E-state index in [-0.39, 0.29) is 6.07 Å². The van der Waals surface area contributed by atoms with Crippen molar-refractivity contribution in [3.63, 3.8) is 0 Å². The number of aromatic carboxylic acids is 1. The average molecular weight is 287 g/mol. The van der Waals surface area contributed by atoms with Crippen LogP contribution < -0.4 is 5.32 Å². The van der Waals surface area contributed by atoms with Gasteiger partial charge in [-0.2, -0.15) is 13.2 Å². The molecular formula is C9H3F6NO3. The quantitative estimate of drug-likeness (QED) is 0.648. The van der Waals surface area contributed by atoms with E-state index in [0.29, 0.717) is 0 Å². The summed E-state index contributed by atoms with van der Waals surface area (Å²) in [5, 5.41) is 9.30. The largest absolute Gasteiger partial charge is 0.478 e. The van der Waals surface area contributed by atoms with Gasteiger partial charge >= 0.3 is 18.1 Å². The smallest absolute Gasteiger partial charge is 0.471 e. The fourth-order valence-corrected chi connectivity index (χ4v) is 1.11. The van der Waals surface area contributed by atoms with Crippen LogP contribution in [0.2, 0.25) is 0 Å². The zero-order chi connectivity index (χ0) is 15.0. The van der Waals surface area contributed by atoms with Crippen LogP contribution in [-0.4, -0.2) is 23.2 Å². The number of amides is 1. The summed E-state index contributed by atoms with van der Waals surface area (Å²) < 4.78 is 74.8. The normalized spacial score (nSPS) is 11.3. The molecule has 1 rings (SSSR count). The fraction of sp³-hybridized carbons (Fsp3) is 0.111. The summed E-state index contributed by atoms with van der Waals surface area (Å²) in [5.41, 5.74) is -3.34. The van der Waals surface area contributed by atoms with Crippen LogP contribution in [0, 0.1) is 17.5 Å². The molecule has 104 valence electrons. The van der Waals surface area contributed by atoms with Crippen LogP contribution in [0.4, 0.5) is 32.0 Å². The third-order valence-electron chi connectivity index (χ3n) is 1.88. The highest BCUT2D eigenvalue weighted by Gasteiger charge is 2.40. The molecule has 0 radical (unpaired) electrons. The molecule has 1 aromatic carbocycles. The minimum absolute atomic E-state index is 0.165. The van der Waals surface area contributed by atoms with Crippen LogP contribution >= 0.6 is 0 Å². The van der Waals surface area contributed by atoms with Gasteiger partial charge in [-0.1, -0.05) is 0 Å². The van der Waals surface area contributed by atoms with Crippen molar-refractivity contribution in [3.8, 4) is 0 Å². The van der Waals surface area contributed by atoms with E-state index in [9.17, 15) is 35.9 Å². The van der Waals surface area contributed by atoms with Crippen molar-refractivity contribution < 1.29 is 41.0 Å². The molecule has 1 aromatic rings. The fourth-order valence-electron chi connectivity index (χ4n) is 1.11. The molecule has 10 heteroatoms. The lowest BCUT2D eigenvalue weighted by Gasteiger charge is -2.12. The van der Waals surface area contributed by atoms with E-state index in [4.69, 9.17) is 5.11 Å². The molecule has 0 heterocycles. The Kier molecular flexibility index (Phi) is 3.73. The number of halogens is 6. The zero-order valence-corrected chi connectivity index (χ0v) is 8.61. The Morgan fingerprint density at radius 2 is 1.63 bits per heavy atom. The predicted molar refractivity (Wildman–Crippen MR) is 48.0 cm³/mol. The number of hydrogen-bond acceptors (Lipinski definition) is 2. The summed E-state index contributed by atoms with van der Waals surface area (Å²) in [6.45, 7) is 0. The van der Waals surface area contributed by atoms with E-state index in [1.807, 2.05) is 0 Å². The second-order valence-electron chi connectivity index (χ2n) is 3.16. The van der Waals surface area contributed by atoms with Gasteiger partial charge in [0.05, 0.1) is 5.69 Å². The highest BCUT2D eigenvalue weighted by atomic mass is 19.4. The van der Waals surface area contributed by atoms with Crippen LogP contribution in [0.3, 0.4) is 0 Å². The Balaban J connectivity index is 3.41. The van der Waals surface area contributed by atoms with Crippen molar-refractivity contribution in [1.29, 1.82) is 0 Å². The maximum Gasteiger partial charge on any atom is 0.471 e. The lowest BCUT2D eigenvalue weighted by Crippen LogP contribution is -2.31. The Labute approximate surface area is 100 Å². The zero-order valence-electron chi connectivity index (χ0n) is 8.61. The van der Waals surface area contributed by atoms with Gasteiger partial charge < -0.3 is 10.4 Å².